The first kappa shape index (κ1) is 52.8. The molecule has 1 heterocycles. The number of aliphatic carboxylic acids is 1. The topological polar surface area (TPSA) is 112 Å². The molecule has 0 aromatic heterocycles. The fourth-order valence-electron chi connectivity index (χ4n) is 7.80. The minimum Gasteiger partial charge on any atom is -0.478 e. The van der Waals surface area contributed by atoms with Crippen LogP contribution in [0.15, 0.2) is 24.3 Å². The molecule has 9 nitrogen and oxygen atoms in total. The van der Waals surface area contributed by atoms with Crippen molar-refractivity contribution in [3.63, 3.8) is 0 Å². The molecule has 3 atom stereocenters. The normalized spacial score (nSPS) is 18.0. The smallest absolute Gasteiger partial charge is 0.349 e. The zero-order valence-electron chi connectivity index (χ0n) is 37.4. The van der Waals surface area contributed by atoms with E-state index in [9.17, 15) is 19.5 Å². The highest BCUT2D eigenvalue weighted by Gasteiger charge is 2.58. The van der Waals surface area contributed by atoms with E-state index >= 15 is 0 Å². The van der Waals surface area contributed by atoms with Gasteiger partial charge in [0.1, 0.15) is 0 Å². The number of hydrogen-bond donors (Lipinski definition) is 1. The van der Waals surface area contributed by atoms with Crippen molar-refractivity contribution in [2.24, 2.45) is 5.92 Å². The molecule has 57 heavy (non-hydrogen) atoms. The Morgan fingerprint density at radius 3 is 1.74 bits per heavy atom. The van der Waals surface area contributed by atoms with Gasteiger partial charge in [0.05, 0.1) is 19.1 Å². The number of carboxylic acid groups (broad SMARTS) is 1. The van der Waals surface area contributed by atoms with Crippen LogP contribution in [0, 0.1) is 5.92 Å². The number of likely N-dealkylation sites (tertiary alicyclic amines) is 1. The Morgan fingerprint density at radius 2 is 1.18 bits per heavy atom. The number of allylic oxidation sites excluding steroid dienone is 4. The lowest BCUT2D eigenvalue weighted by atomic mass is 9.83. The van der Waals surface area contributed by atoms with Crippen molar-refractivity contribution in [3.8, 4) is 0 Å². The Bertz CT molecular complexity index is 1050. The monoisotopic (exact) mass is 806 g/mol. The van der Waals surface area contributed by atoms with E-state index in [0.717, 1.165) is 70.6 Å². The molecule has 1 aliphatic heterocycles. The average Bonchev–Trinajstić information content (AvgIpc) is 3.53. The average molecular weight is 806 g/mol. The summed E-state index contributed by atoms with van der Waals surface area (Å²) in [4.78, 5) is 41.1. The van der Waals surface area contributed by atoms with Gasteiger partial charge in [-0.1, -0.05) is 148 Å². The van der Waals surface area contributed by atoms with E-state index in [1.807, 2.05) is 18.9 Å². The van der Waals surface area contributed by atoms with E-state index in [1.54, 1.807) is 0 Å². The fourth-order valence-corrected chi connectivity index (χ4v) is 7.80. The Kier molecular flexibility index (Phi) is 33.1. The second-order valence-electron chi connectivity index (χ2n) is 16.4. The molecule has 3 unspecified atom stereocenters. The molecule has 0 aliphatic carbocycles. The molecule has 0 aromatic rings. The first-order chi connectivity index (χ1) is 27.7. The number of carbonyl (C=O) groups excluding carboxylic acids is 2. The summed E-state index contributed by atoms with van der Waals surface area (Å²) in [6.45, 7) is 10.3. The van der Waals surface area contributed by atoms with Crippen LogP contribution in [-0.4, -0.2) is 79.3 Å². The van der Waals surface area contributed by atoms with Crippen LogP contribution in [0.4, 0.5) is 0 Å². The molecule has 1 saturated heterocycles. The summed E-state index contributed by atoms with van der Waals surface area (Å²) in [7, 11) is 1.86. The molecule has 332 valence electrons. The number of ether oxygens (including phenoxy) is 4. The molecule has 0 bridgehead atoms. The zero-order chi connectivity index (χ0) is 41.8. The van der Waals surface area contributed by atoms with Gasteiger partial charge in [-0.2, -0.15) is 0 Å². The van der Waals surface area contributed by atoms with Gasteiger partial charge >= 0.3 is 17.9 Å². The quantitative estimate of drug-likeness (QED) is 0.0281. The van der Waals surface area contributed by atoms with Gasteiger partial charge in [0.2, 0.25) is 5.60 Å². The van der Waals surface area contributed by atoms with Gasteiger partial charge in [-0.3, -0.25) is 14.5 Å². The van der Waals surface area contributed by atoms with Gasteiger partial charge in [0.15, 0.2) is 6.29 Å². The number of carboxylic acids is 1. The largest absolute Gasteiger partial charge is 0.478 e. The Labute approximate surface area is 349 Å². The highest BCUT2D eigenvalue weighted by Crippen LogP contribution is 2.38. The summed E-state index contributed by atoms with van der Waals surface area (Å²) in [5.74, 6) is -2.28. The lowest BCUT2D eigenvalue weighted by Gasteiger charge is -2.38. The highest BCUT2D eigenvalue weighted by molar-refractivity contribution is 5.83. The van der Waals surface area contributed by atoms with Gasteiger partial charge in [0, 0.05) is 44.9 Å². The third-order valence-electron chi connectivity index (χ3n) is 11.4. The molecule has 1 fully saturated rings. The summed E-state index contributed by atoms with van der Waals surface area (Å²) in [6, 6.07) is -0.615. The predicted molar refractivity (Wildman–Crippen MR) is 233 cm³/mol. The summed E-state index contributed by atoms with van der Waals surface area (Å²) >= 11 is 0. The minimum atomic E-state index is -1.72. The number of unbranched alkanes of at least 4 members (excludes halogenated alkanes) is 18. The zero-order valence-corrected chi connectivity index (χ0v) is 37.4. The van der Waals surface area contributed by atoms with Crippen molar-refractivity contribution in [2.45, 2.75) is 225 Å². The van der Waals surface area contributed by atoms with E-state index < -0.39 is 29.9 Å². The molecule has 0 radical (unpaired) electrons. The maximum Gasteiger partial charge on any atom is 0.349 e. The molecule has 0 aromatic carbocycles. The van der Waals surface area contributed by atoms with Crippen LogP contribution in [0.25, 0.3) is 0 Å². The SMILES string of the molecule is CCCCC/C=C\C/C=C\CCCCCCCC(=O)OCC(CC)C1N(C)CCC1(OC(=O)CCC(OCCCCCCCC)OCCCCCCCC)C(=O)O. The highest BCUT2D eigenvalue weighted by atomic mass is 16.7. The Morgan fingerprint density at radius 1 is 0.667 bits per heavy atom. The van der Waals surface area contributed by atoms with Gasteiger partial charge in [-0.25, -0.2) is 4.79 Å². The maximum atomic E-state index is 13.4. The van der Waals surface area contributed by atoms with Gasteiger partial charge in [-0.05, 0) is 64.8 Å². The van der Waals surface area contributed by atoms with Crippen molar-refractivity contribution >= 4 is 17.9 Å². The number of rotatable bonds is 39. The summed E-state index contributed by atoms with van der Waals surface area (Å²) < 4.78 is 23.9. The summed E-state index contributed by atoms with van der Waals surface area (Å²) in [5.41, 5.74) is -1.72. The minimum absolute atomic E-state index is 0.00244. The van der Waals surface area contributed by atoms with Crippen molar-refractivity contribution in [2.75, 3.05) is 33.4 Å². The number of esters is 2. The van der Waals surface area contributed by atoms with Crippen LogP contribution in [0.3, 0.4) is 0 Å². The first-order valence-electron chi connectivity index (χ1n) is 23.6. The predicted octanol–water partition coefficient (Wildman–Crippen LogP) is 12.3. The van der Waals surface area contributed by atoms with Crippen LogP contribution in [0.5, 0.6) is 0 Å². The molecule has 1 N–H and O–H groups in total. The van der Waals surface area contributed by atoms with Crippen molar-refractivity contribution in [1.29, 1.82) is 0 Å². The molecule has 0 amide bonds. The van der Waals surface area contributed by atoms with Crippen LogP contribution >= 0.6 is 0 Å². The van der Waals surface area contributed by atoms with E-state index in [2.05, 4.69) is 45.1 Å². The van der Waals surface area contributed by atoms with E-state index in [4.69, 9.17) is 18.9 Å². The van der Waals surface area contributed by atoms with Crippen molar-refractivity contribution in [3.05, 3.63) is 24.3 Å². The third-order valence-corrected chi connectivity index (χ3v) is 11.4. The Hall–Kier alpha value is -2.23. The molecule has 0 saturated carbocycles. The van der Waals surface area contributed by atoms with E-state index in [-0.39, 0.29) is 31.3 Å². The van der Waals surface area contributed by atoms with Crippen molar-refractivity contribution < 1.29 is 38.4 Å². The van der Waals surface area contributed by atoms with Crippen LogP contribution < -0.4 is 0 Å². The van der Waals surface area contributed by atoms with Gasteiger partial charge in [0.25, 0.3) is 0 Å². The molecule has 0 spiro atoms. The second-order valence-corrected chi connectivity index (χ2v) is 16.4. The fraction of sp³-hybridized carbons (Fsp3) is 0.854. The van der Waals surface area contributed by atoms with Gasteiger partial charge < -0.3 is 24.1 Å². The molecular weight excluding hydrogens is 719 g/mol. The maximum absolute atomic E-state index is 13.4. The second kappa shape index (κ2) is 35.7. The standard InChI is InChI=1S/C48H87NO8/c1-6-10-13-16-19-20-21-22-23-24-25-26-27-28-31-34-43(50)56-41-42(9-4)46-48(47(52)53,37-38-49(46)5)57-44(51)35-36-45(54-39-32-29-17-14-11-7-2)55-40-33-30-18-15-12-8-3/h19-20,22-23,42,45-46H,6-18,21,24-41H2,1-5H3,(H,52,53)/b20-19-,23-22-. The van der Waals surface area contributed by atoms with Crippen LogP contribution in [0.1, 0.15) is 207 Å². The van der Waals surface area contributed by atoms with Crippen molar-refractivity contribution in [1.82, 2.24) is 4.90 Å². The third kappa shape index (κ3) is 25.1. The van der Waals surface area contributed by atoms with Crippen LogP contribution in [0.2, 0.25) is 0 Å². The van der Waals surface area contributed by atoms with E-state index in [1.165, 1.54) is 77.0 Å². The molecule has 1 rings (SSSR count). The number of likely N-dealkylation sites (N-methyl/N-ethyl adjacent to an activating group) is 1. The molecule has 1 aliphatic rings. The van der Waals surface area contributed by atoms with E-state index in [0.29, 0.717) is 39.0 Å². The van der Waals surface area contributed by atoms with Crippen LogP contribution in [-0.2, 0) is 33.3 Å². The first-order valence-corrected chi connectivity index (χ1v) is 23.6. The number of hydrogen-bond acceptors (Lipinski definition) is 8. The summed E-state index contributed by atoms with van der Waals surface area (Å²) in [6.07, 6.45) is 36.1. The molecule has 9 heteroatoms. The Balaban J connectivity index is 2.59. The number of nitrogens with zero attached hydrogens (tertiary/aromatic N) is 1. The number of carbonyl (C=O) groups is 3. The summed E-state index contributed by atoms with van der Waals surface area (Å²) in [5, 5.41) is 10.6. The molecular formula is C48H87NO8. The van der Waals surface area contributed by atoms with Gasteiger partial charge in [-0.15, -0.1) is 0 Å². The lowest BCUT2D eigenvalue weighted by Crippen LogP contribution is -2.56. The lowest BCUT2D eigenvalue weighted by molar-refractivity contribution is -0.188.